The molecule has 218 valence electrons. The first-order valence-corrected chi connectivity index (χ1v) is 13.8. The number of pyridine rings is 1. The number of amides is 2. The van der Waals surface area contributed by atoms with E-state index in [4.69, 9.17) is 10.5 Å². The van der Waals surface area contributed by atoms with Crippen molar-refractivity contribution in [2.24, 2.45) is 5.73 Å². The molecule has 2 amide bonds. The summed E-state index contributed by atoms with van der Waals surface area (Å²) in [6, 6.07) is 9.97. The number of likely N-dealkylation sites (tertiary alicyclic amines) is 1. The van der Waals surface area contributed by atoms with Crippen LogP contribution in [-0.2, 0) is 11.2 Å². The summed E-state index contributed by atoms with van der Waals surface area (Å²) in [5.41, 5.74) is 9.18. The predicted octanol–water partition coefficient (Wildman–Crippen LogP) is 3.64. The monoisotopic (exact) mass is 573 g/mol. The molecular formula is C30H32FN7O4. The first-order valence-electron chi connectivity index (χ1n) is 13.8. The number of hydrogen-bond donors (Lipinski definition) is 5. The summed E-state index contributed by atoms with van der Waals surface area (Å²) in [6.45, 7) is 2.15. The number of nitrogens with zero attached hydrogens (tertiary/aromatic N) is 3. The van der Waals surface area contributed by atoms with E-state index < -0.39 is 17.8 Å². The average molecular weight is 574 g/mol. The normalized spacial score (nSPS) is 16.8. The highest BCUT2D eigenvalue weighted by Gasteiger charge is 2.29. The van der Waals surface area contributed by atoms with Crippen molar-refractivity contribution < 1.29 is 23.8 Å². The second-order valence-corrected chi connectivity index (χ2v) is 10.6. The maximum Gasteiger partial charge on any atom is 0.253 e. The third-order valence-electron chi connectivity index (χ3n) is 7.78. The van der Waals surface area contributed by atoms with Gasteiger partial charge >= 0.3 is 0 Å². The van der Waals surface area contributed by atoms with E-state index in [1.807, 2.05) is 23.1 Å². The first kappa shape index (κ1) is 27.5. The summed E-state index contributed by atoms with van der Waals surface area (Å²) < 4.78 is 20.0. The summed E-state index contributed by atoms with van der Waals surface area (Å²) in [4.78, 5) is 36.5. The number of piperidine rings is 1. The van der Waals surface area contributed by atoms with Gasteiger partial charge in [-0.25, -0.2) is 4.39 Å². The molecule has 4 aromatic rings. The van der Waals surface area contributed by atoms with Gasteiger partial charge in [0.05, 0.1) is 60.3 Å². The zero-order chi connectivity index (χ0) is 29.4. The van der Waals surface area contributed by atoms with Gasteiger partial charge in [-0.2, -0.15) is 0 Å². The molecular weight excluding hydrogens is 541 g/mol. The maximum atomic E-state index is 14.3. The number of anilines is 5. The summed E-state index contributed by atoms with van der Waals surface area (Å²) in [5, 5.41) is 17.2. The molecule has 1 unspecified atom stereocenters. The number of carbonyl (C=O) groups is 2. The molecule has 0 bridgehead atoms. The molecule has 0 saturated carbocycles. The molecule has 1 fully saturated rings. The molecule has 2 aliphatic rings. The number of nitrogens with two attached hydrogens (primary N) is 1. The van der Waals surface area contributed by atoms with Crippen LogP contribution in [-0.4, -0.2) is 71.2 Å². The van der Waals surface area contributed by atoms with Crippen LogP contribution in [0.2, 0.25) is 0 Å². The molecule has 11 nitrogen and oxygen atoms in total. The van der Waals surface area contributed by atoms with Gasteiger partial charge in [-0.1, -0.05) is 6.07 Å². The zero-order valence-corrected chi connectivity index (χ0v) is 23.1. The number of benzene rings is 2. The minimum atomic E-state index is -0.878. The lowest BCUT2D eigenvalue weighted by Crippen LogP contribution is -2.45. The van der Waals surface area contributed by atoms with Crippen molar-refractivity contribution in [2.75, 3.05) is 48.8 Å². The lowest BCUT2D eigenvalue weighted by molar-refractivity contribution is -0.120. The van der Waals surface area contributed by atoms with Crippen molar-refractivity contribution in [1.82, 2.24) is 14.9 Å². The zero-order valence-electron chi connectivity index (χ0n) is 23.1. The van der Waals surface area contributed by atoms with Crippen LogP contribution in [0.15, 0.2) is 48.8 Å². The number of ether oxygens (including phenoxy) is 1. The number of nitrogens with one attached hydrogen (secondary N) is 3. The minimum absolute atomic E-state index is 0.000881. The fourth-order valence-electron chi connectivity index (χ4n) is 5.78. The Morgan fingerprint density at radius 2 is 2.02 bits per heavy atom. The molecule has 2 aromatic heterocycles. The number of β-amino-alcohol motifs (C(OH)–C–C–N with tert-alkyl or cyclic N) is 1. The number of rotatable bonds is 8. The molecule has 2 aliphatic heterocycles. The van der Waals surface area contributed by atoms with Crippen molar-refractivity contribution >= 4 is 51.3 Å². The number of aliphatic hydroxyl groups is 1. The van der Waals surface area contributed by atoms with Crippen molar-refractivity contribution in [3.8, 4) is 5.75 Å². The number of carbonyl (C=O) groups excluding carboxylic acids is 2. The lowest BCUT2D eigenvalue weighted by atomic mass is 10.1. The molecule has 6 N–H and O–H groups in total. The van der Waals surface area contributed by atoms with E-state index in [0.29, 0.717) is 41.5 Å². The largest absolute Gasteiger partial charge is 0.495 e. The Bertz CT molecular complexity index is 1670. The van der Waals surface area contributed by atoms with Gasteiger partial charge < -0.3 is 36.1 Å². The summed E-state index contributed by atoms with van der Waals surface area (Å²) in [7, 11) is 1.60. The van der Waals surface area contributed by atoms with Crippen LogP contribution in [0.5, 0.6) is 5.75 Å². The smallest absolute Gasteiger partial charge is 0.253 e. The average Bonchev–Trinajstić information content (AvgIpc) is 3.56. The van der Waals surface area contributed by atoms with E-state index in [2.05, 4.69) is 20.6 Å². The lowest BCUT2D eigenvalue weighted by Gasteiger charge is -2.31. The van der Waals surface area contributed by atoms with Gasteiger partial charge in [0.25, 0.3) is 5.91 Å². The third kappa shape index (κ3) is 5.33. The highest BCUT2D eigenvalue weighted by molar-refractivity contribution is 6.02. The van der Waals surface area contributed by atoms with E-state index in [1.54, 1.807) is 30.5 Å². The number of fused-ring (bicyclic) bond motifs is 2. The SMILES string of the molecule is COc1cc2c(cc1Nc1cc3c(Nc4cccc(F)c4C(N)=O)cncc3[nH]1)N(C(=O)CN1CCCC(O)C1)CC2. The Labute approximate surface area is 241 Å². The number of primary amides is 1. The number of aliphatic hydroxyl groups excluding tert-OH is 1. The Kier molecular flexibility index (Phi) is 7.40. The molecule has 6 rings (SSSR count). The topological polar surface area (TPSA) is 149 Å². The number of hydrogen-bond acceptors (Lipinski definition) is 8. The number of aromatic nitrogens is 2. The second-order valence-electron chi connectivity index (χ2n) is 10.6. The van der Waals surface area contributed by atoms with Gasteiger partial charge in [0.2, 0.25) is 5.91 Å². The number of methoxy groups -OCH3 is 1. The highest BCUT2D eigenvalue weighted by atomic mass is 19.1. The van der Waals surface area contributed by atoms with Gasteiger partial charge in [-0.3, -0.25) is 19.5 Å². The minimum Gasteiger partial charge on any atom is -0.495 e. The molecule has 42 heavy (non-hydrogen) atoms. The van der Waals surface area contributed by atoms with Crippen LogP contribution in [0.25, 0.3) is 10.9 Å². The van der Waals surface area contributed by atoms with E-state index in [9.17, 15) is 19.1 Å². The quantitative estimate of drug-likeness (QED) is 0.215. The number of aromatic amines is 1. The van der Waals surface area contributed by atoms with Gasteiger partial charge in [-0.05, 0) is 61.7 Å². The van der Waals surface area contributed by atoms with Gasteiger partial charge in [0.15, 0.2) is 0 Å². The van der Waals surface area contributed by atoms with Crippen molar-refractivity contribution in [3.63, 3.8) is 0 Å². The summed E-state index contributed by atoms with van der Waals surface area (Å²) in [6.07, 6.45) is 5.22. The molecule has 0 spiro atoms. The van der Waals surface area contributed by atoms with Crippen molar-refractivity contribution in [2.45, 2.75) is 25.4 Å². The first-order chi connectivity index (χ1) is 20.3. The standard InChI is InChI=1S/C30H32FN7O4/c1-42-26-10-17-7-9-38(28(40)16-37-8-3-4-18(39)15-37)25(17)12-22(26)35-27-11-19-23(13-33-14-24(19)36-27)34-21-6-2-5-20(31)29(21)30(32)41/h2,5-6,10-14,18,34-36,39H,3-4,7-9,15-16H2,1H3,(H2,32,41). The Hall–Kier alpha value is -4.68. The molecule has 4 heterocycles. The summed E-state index contributed by atoms with van der Waals surface area (Å²) >= 11 is 0. The fourth-order valence-corrected chi connectivity index (χ4v) is 5.78. The Balaban J connectivity index is 1.27. The van der Waals surface area contributed by atoms with E-state index in [1.165, 1.54) is 12.1 Å². The molecule has 12 heteroatoms. The van der Waals surface area contributed by atoms with Crippen LogP contribution < -0.4 is 26.0 Å². The highest BCUT2D eigenvalue weighted by Crippen LogP contribution is 2.39. The number of halogens is 1. The number of H-pyrrole nitrogens is 1. The molecule has 2 aromatic carbocycles. The van der Waals surface area contributed by atoms with Crippen molar-refractivity contribution in [3.05, 3.63) is 65.7 Å². The molecule has 1 atom stereocenters. The van der Waals surface area contributed by atoms with Crippen LogP contribution in [0, 0.1) is 5.82 Å². The Morgan fingerprint density at radius 3 is 2.81 bits per heavy atom. The van der Waals surface area contributed by atoms with Crippen LogP contribution in [0.3, 0.4) is 0 Å². The molecule has 0 aliphatic carbocycles. The molecule has 1 saturated heterocycles. The van der Waals surface area contributed by atoms with Crippen LogP contribution >= 0.6 is 0 Å². The van der Waals surface area contributed by atoms with Gasteiger partial charge in [0.1, 0.15) is 17.4 Å². The Morgan fingerprint density at radius 1 is 1.17 bits per heavy atom. The fraction of sp³-hybridized carbons (Fsp3) is 0.300. The second kappa shape index (κ2) is 11.3. The van der Waals surface area contributed by atoms with Crippen molar-refractivity contribution in [1.29, 1.82) is 0 Å². The van der Waals surface area contributed by atoms with Gasteiger partial charge in [0, 0.05) is 24.2 Å². The third-order valence-corrected chi connectivity index (χ3v) is 7.78. The van der Waals surface area contributed by atoms with E-state index in [0.717, 1.165) is 42.4 Å². The molecule has 0 radical (unpaired) electrons. The van der Waals surface area contributed by atoms with Gasteiger partial charge in [-0.15, -0.1) is 0 Å². The summed E-state index contributed by atoms with van der Waals surface area (Å²) in [5.74, 6) is -0.334. The van der Waals surface area contributed by atoms with E-state index >= 15 is 0 Å². The maximum absolute atomic E-state index is 14.3. The van der Waals surface area contributed by atoms with Crippen LogP contribution in [0.4, 0.5) is 33.0 Å². The van der Waals surface area contributed by atoms with Crippen LogP contribution in [0.1, 0.15) is 28.8 Å². The predicted molar refractivity (Wildman–Crippen MR) is 158 cm³/mol. The van der Waals surface area contributed by atoms with E-state index in [-0.39, 0.29) is 23.7 Å².